The third-order valence-corrected chi connectivity index (χ3v) is 5.74. The van der Waals surface area contributed by atoms with E-state index in [9.17, 15) is 9.59 Å². The summed E-state index contributed by atoms with van der Waals surface area (Å²) in [6.45, 7) is 9.27. The van der Waals surface area contributed by atoms with Gasteiger partial charge in [-0.2, -0.15) is 4.98 Å². The monoisotopic (exact) mass is 463 g/mol. The molecule has 34 heavy (non-hydrogen) atoms. The van der Waals surface area contributed by atoms with E-state index in [1.807, 2.05) is 17.0 Å². The average molecular weight is 464 g/mol. The summed E-state index contributed by atoms with van der Waals surface area (Å²) >= 11 is 0. The van der Waals surface area contributed by atoms with Gasteiger partial charge in [-0.1, -0.05) is 0 Å². The molecule has 0 aliphatic carbocycles. The summed E-state index contributed by atoms with van der Waals surface area (Å²) in [5, 5.41) is 7.66. The molecule has 1 saturated heterocycles. The first-order valence-corrected chi connectivity index (χ1v) is 11.3. The van der Waals surface area contributed by atoms with Gasteiger partial charge in [0.25, 0.3) is 0 Å². The Morgan fingerprint density at radius 1 is 1.09 bits per heavy atom. The first-order chi connectivity index (χ1) is 16.4. The number of rotatable bonds is 6. The van der Waals surface area contributed by atoms with E-state index in [0.717, 1.165) is 17.2 Å². The first kappa shape index (κ1) is 23.2. The van der Waals surface area contributed by atoms with Crippen LogP contribution in [0.15, 0.2) is 48.9 Å². The van der Waals surface area contributed by atoms with Crippen LogP contribution in [0.2, 0.25) is 0 Å². The SMILES string of the molecule is CCOC(=O)c1ccc(Nc2ncn(-c3ccnc(N4C[C@@H](C)N(C(C)=O)[C@@H](C)C4)c3)n2)cc1. The molecule has 10 nitrogen and oxygen atoms in total. The summed E-state index contributed by atoms with van der Waals surface area (Å²) < 4.78 is 6.69. The largest absolute Gasteiger partial charge is 0.462 e. The Balaban J connectivity index is 1.46. The molecule has 2 atom stereocenters. The molecule has 0 radical (unpaired) electrons. The third kappa shape index (κ3) is 5.00. The van der Waals surface area contributed by atoms with E-state index in [0.29, 0.717) is 31.2 Å². The van der Waals surface area contributed by atoms with E-state index in [-0.39, 0.29) is 24.0 Å². The van der Waals surface area contributed by atoms with Gasteiger partial charge >= 0.3 is 5.97 Å². The number of hydrogen-bond acceptors (Lipinski definition) is 8. The Morgan fingerprint density at radius 3 is 2.44 bits per heavy atom. The molecule has 10 heteroatoms. The molecule has 178 valence electrons. The van der Waals surface area contributed by atoms with E-state index < -0.39 is 0 Å². The molecule has 3 aromatic rings. The van der Waals surface area contributed by atoms with Crippen molar-refractivity contribution in [2.75, 3.05) is 29.9 Å². The topological polar surface area (TPSA) is 105 Å². The van der Waals surface area contributed by atoms with Gasteiger partial charge in [-0.05, 0) is 51.1 Å². The number of amides is 1. The van der Waals surface area contributed by atoms with Crippen molar-refractivity contribution >= 4 is 29.3 Å². The predicted molar refractivity (Wildman–Crippen MR) is 128 cm³/mol. The summed E-state index contributed by atoms with van der Waals surface area (Å²) in [5.74, 6) is 1.01. The van der Waals surface area contributed by atoms with Crippen molar-refractivity contribution in [1.29, 1.82) is 0 Å². The predicted octanol–water partition coefficient (Wildman–Crippen LogP) is 3.03. The third-order valence-electron chi connectivity index (χ3n) is 5.74. The van der Waals surface area contributed by atoms with Crippen molar-refractivity contribution in [2.45, 2.75) is 39.8 Å². The summed E-state index contributed by atoms with van der Waals surface area (Å²) in [5.41, 5.74) is 2.08. The van der Waals surface area contributed by atoms with Gasteiger partial charge in [-0.3, -0.25) is 4.79 Å². The Bertz CT molecular complexity index is 1150. The van der Waals surface area contributed by atoms with Crippen LogP contribution in [0.4, 0.5) is 17.5 Å². The van der Waals surface area contributed by atoms with E-state index >= 15 is 0 Å². The summed E-state index contributed by atoms with van der Waals surface area (Å²) in [6, 6.07) is 11.0. The highest BCUT2D eigenvalue weighted by Crippen LogP contribution is 2.23. The lowest BCUT2D eigenvalue weighted by atomic mass is 10.1. The zero-order chi connectivity index (χ0) is 24.2. The molecule has 3 heterocycles. The van der Waals surface area contributed by atoms with E-state index in [4.69, 9.17) is 4.74 Å². The quantitative estimate of drug-likeness (QED) is 0.556. The van der Waals surface area contributed by atoms with Crippen molar-refractivity contribution < 1.29 is 14.3 Å². The van der Waals surface area contributed by atoms with Crippen LogP contribution in [0, 0.1) is 0 Å². The summed E-state index contributed by atoms with van der Waals surface area (Å²) in [6.07, 6.45) is 3.38. The van der Waals surface area contributed by atoms with Crippen molar-refractivity contribution in [3.63, 3.8) is 0 Å². The maximum absolute atomic E-state index is 12.0. The maximum Gasteiger partial charge on any atom is 0.338 e. The number of anilines is 3. The number of carbonyl (C=O) groups excluding carboxylic acids is 2. The van der Waals surface area contributed by atoms with Gasteiger partial charge in [0.15, 0.2) is 0 Å². The fraction of sp³-hybridized carbons (Fsp3) is 0.375. The minimum absolute atomic E-state index is 0.0968. The fourth-order valence-electron chi connectivity index (χ4n) is 4.33. The van der Waals surface area contributed by atoms with Gasteiger partial charge in [-0.15, -0.1) is 5.10 Å². The van der Waals surface area contributed by atoms with Crippen LogP contribution >= 0.6 is 0 Å². The number of pyridine rings is 1. The number of nitrogens with zero attached hydrogens (tertiary/aromatic N) is 6. The second-order valence-electron chi connectivity index (χ2n) is 8.34. The van der Waals surface area contributed by atoms with Crippen LogP contribution in [0.1, 0.15) is 38.1 Å². The Morgan fingerprint density at radius 2 is 1.79 bits per heavy atom. The number of carbonyl (C=O) groups is 2. The van der Waals surface area contributed by atoms with Gasteiger partial charge in [0.05, 0.1) is 17.9 Å². The lowest BCUT2D eigenvalue weighted by molar-refractivity contribution is -0.133. The molecule has 1 aliphatic heterocycles. The number of esters is 1. The first-order valence-electron chi connectivity index (χ1n) is 11.3. The van der Waals surface area contributed by atoms with E-state index in [1.165, 1.54) is 0 Å². The van der Waals surface area contributed by atoms with Crippen molar-refractivity contribution in [1.82, 2.24) is 24.6 Å². The molecule has 1 amide bonds. The molecule has 0 unspecified atom stereocenters. The highest BCUT2D eigenvalue weighted by Gasteiger charge is 2.31. The molecule has 1 aromatic carbocycles. The fourth-order valence-corrected chi connectivity index (χ4v) is 4.33. The van der Waals surface area contributed by atoms with Crippen LogP contribution in [-0.4, -0.2) is 68.3 Å². The van der Waals surface area contributed by atoms with Gasteiger partial charge in [0.1, 0.15) is 12.1 Å². The molecule has 0 bridgehead atoms. The molecular weight excluding hydrogens is 434 g/mol. The number of ether oxygens (including phenoxy) is 1. The summed E-state index contributed by atoms with van der Waals surface area (Å²) in [4.78, 5) is 36.8. The Kier molecular flexibility index (Phi) is 6.76. The smallest absolute Gasteiger partial charge is 0.338 e. The second-order valence-corrected chi connectivity index (χ2v) is 8.34. The minimum Gasteiger partial charge on any atom is -0.462 e. The van der Waals surface area contributed by atoms with E-state index in [1.54, 1.807) is 55.3 Å². The molecule has 1 fully saturated rings. The zero-order valence-corrected chi connectivity index (χ0v) is 19.8. The molecule has 1 N–H and O–H groups in total. The van der Waals surface area contributed by atoms with Crippen molar-refractivity contribution in [2.24, 2.45) is 0 Å². The van der Waals surface area contributed by atoms with Crippen LogP contribution in [-0.2, 0) is 9.53 Å². The van der Waals surface area contributed by atoms with Crippen LogP contribution in [0.3, 0.4) is 0 Å². The average Bonchev–Trinajstić information content (AvgIpc) is 3.27. The summed E-state index contributed by atoms with van der Waals surface area (Å²) in [7, 11) is 0. The van der Waals surface area contributed by atoms with Crippen molar-refractivity contribution in [3.05, 3.63) is 54.5 Å². The van der Waals surface area contributed by atoms with Gasteiger partial charge in [-0.25, -0.2) is 14.5 Å². The molecule has 4 rings (SSSR count). The zero-order valence-electron chi connectivity index (χ0n) is 19.8. The van der Waals surface area contributed by atoms with Crippen LogP contribution in [0.25, 0.3) is 5.69 Å². The minimum atomic E-state index is -0.351. The number of nitrogens with one attached hydrogen (secondary N) is 1. The number of aromatic nitrogens is 4. The van der Waals surface area contributed by atoms with Crippen LogP contribution < -0.4 is 10.2 Å². The number of piperazine rings is 1. The maximum atomic E-state index is 12.0. The molecule has 1 aliphatic rings. The molecule has 0 saturated carbocycles. The van der Waals surface area contributed by atoms with Gasteiger partial charge in [0.2, 0.25) is 11.9 Å². The van der Waals surface area contributed by atoms with E-state index in [2.05, 4.69) is 39.1 Å². The van der Waals surface area contributed by atoms with Crippen LogP contribution in [0.5, 0.6) is 0 Å². The standard InChI is InChI=1S/C24H29N7O3/c1-5-34-23(33)19-6-8-20(9-7-19)27-24-26-15-30(28-24)21-10-11-25-22(12-21)29-13-16(2)31(18(4)32)17(3)14-29/h6-12,15-17H,5,13-14H2,1-4H3,(H,27,28)/t16-,17+. The van der Waals surface area contributed by atoms with Gasteiger partial charge < -0.3 is 19.9 Å². The number of hydrogen-bond donors (Lipinski definition) is 1. The Labute approximate surface area is 198 Å². The lowest BCUT2D eigenvalue weighted by Gasteiger charge is -2.44. The second kappa shape index (κ2) is 9.90. The molecule has 0 spiro atoms. The Hall–Kier alpha value is -3.95. The van der Waals surface area contributed by atoms with Crippen molar-refractivity contribution in [3.8, 4) is 5.69 Å². The normalized spacial score (nSPS) is 18.0. The van der Waals surface area contributed by atoms with Gasteiger partial charge in [0, 0.05) is 50.0 Å². The highest BCUT2D eigenvalue weighted by atomic mass is 16.5. The lowest BCUT2D eigenvalue weighted by Crippen LogP contribution is -2.58. The molecular formula is C24H29N7O3. The number of benzene rings is 1. The highest BCUT2D eigenvalue weighted by molar-refractivity contribution is 5.89. The molecule has 2 aromatic heterocycles.